The predicted molar refractivity (Wildman–Crippen MR) is 80.9 cm³/mol. The van der Waals surface area contributed by atoms with E-state index in [-0.39, 0.29) is 18.1 Å². The number of hydrogen-bond donors (Lipinski definition) is 1. The number of amides is 1. The van der Waals surface area contributed by atoms with Gasteiger partial charge in [-0.15, -0.1) is 0 Å². The van der Waals surface area contributed by atoms with E-state index in [1.54, 1.807) is 19.1 Å². The van der Waals surface area contributed by atoms with Crippen molar-refractivity contribution in [2.75, 3.05) is 27.3 Å². The summed E-state index contributed by atoms with van der Waals surface area (Å²) in [5.74, 6) is -0.0208. The van der Waals surface area contributed by atoms with Crippen LogP contribution in [-0.2, 0) is 20.7 Å². The monoisotopic (exact) mass is 292 g/mol. The molecule has 0 aromatic heterocycles. The molecule has 1 heterocycles. The molecule has 1 fully saturated rings. The predicted octanol–water partition coefficient (Wildman–Crippen LogP) is 0.819. The summed E-state index contributed by atoms with van der Waals surface area (Å²) in [5, 5.41) is 0. The van der Waals surface area contributed by atoms with Gasteiger partial charge < -0.3 is 20.1 Å². The van der Waals surface area contributed by atoms with Crippen molar-refractivity contribution in [2.24, 2.45) is 5.73 Å². The highest BCUT2D eigenvalue weighted by atomic mass is 16.5. The van der Waals surface area contributed by atoms with Gasteiger partial charge in [0.25, 0.3) is 0 Å². The topological polar surface area (TPSA) is 64.8 Å². The number of ether oxygens (including phenoxy) is 2. The number of nitrogens with zero attached hydrogens (tertiary/aromatic N) is 1. The van der Waals surface area contributed by atoms with Gasteiger partial charge in [0, 0.05) is 27.3 Å². The maximum atomic E-state index is 12.4. The Morgan fingerprint density at radius 1 is 1.24 bits per heavy atom. The van der Waals surface area contributed by atoms with E-state index >= 15 is 0 Å². The third kappa shape index (κ3) is 4.03. The summed E-state index contributed by atoms with van der Waals surface area (Å²) >= 11 is 0. The fourth-order valence-electron chi connectivity index (χ4n) is 2.70. The third-order valence-corrected chi connectivity index (χ3v) is 4.04. The first-order valence-corrected chi connectivity index (χ1v) is 7.29. The molecule has 3 atom stereocenters. The molecule has 116 valence electrons. The van der Waals surface area contributed by atoms with Gasteiger partial charge in [0.15, 0.2) is 0 Å². The van der Waals surface area contributed by atoms with Gasteiger partial charge in [-0.25, -0.2) is 0 Å². The van der Waals surface area contributed by atoms with Gasteiger partial charge in [-0.3, -0.25) is 4.79 Å². The summed E-state index contributed by atoms with van der Waals surface area (Å²) in [5.41, 5.74) is 7.25. The fourth-order valence-corrected chi connectivity index (χ4v) is 2.70. The molecule has 1 aromatic carbocycles. The van der Waals surface area contributed by atoms with E-state index in [1.165, 1.54) is 5.56 Å². The van der Waals surface area contributed by atoms with Crippen molar-refractivity contribution < 1.29 is 14.3 Å². The second-order valence-corrected chi connectivity index (χ2v) is 5.42. The smallest absolute Gasteiger partial charge is 0.239 e. The second kappa shape index (κ2) is 7.54. The molecular weight excluding hydrogens is 268 g/mol. The Labute approximate surface area is 126 Å². The lowest BCUT2D eigenvalue weighted by atomic mass is 10.1. The summed E-state index contributed by atoms with van der Waals surface area (Å²) in [7, 11) is 3.28. The number of likely N-dealkylation sites (tertiary alicyclic amines) is 1. The first-order valence-electron chi connectivity index (χ1n) is 7.29. The van der Waals surface area contributed by atoms with Crippen LogP contribution in [-0.4, -0.2) is 56.4 Å². The molecule has 5 heteroatoms. The largest absolute Gasteiger partial charge is 0.377 e. The third-order valence-electron chi connectivity index (χ3n) is 4.04. The first-order chi connectivity index (χ1) is 10.2. The van der Waals surface area contributed by atoms with Crippen molar-refractivity contribution in [3.63, 3.8) is 0 Å². The fraction of sp³-hybridized carbons (Fsp3) is 0.562. The van der Waals surface area contributed by atoms with E-state index in [0.29, 0.717) is 19.5 Å². The highest BCUT2D eigenvalue weighted by Gasteiger charge is 2.36. The molecule has 0 radical (unpaired) electrons. The van der Waals surface area contributed by atoms with Crippen LogP contribution in [0.4, 0.5) is 0 Å². The number of methoxy groups -OCH3 is 2. The Hall–Kier alpha value is -1.43. The molecule has 1 amide bonds. The summed E-state index contributed by atoms with van der Waals surface area (Å²) in [6, 6.07) is 9.60. The van der Waals surface area contributed by atoms with Gasteiger partial charge in [-0.2, -0.15) is 0 Å². The number of benzene rings is 1. The summed E-state index contributed by atoms with van der Waals surface area (Å²) in [4.78, 5) is 14.1. The first kappa shape index (κ1) is 15.9. The molecule has 0 aliphatic carbocycles. The lowest BCUT2D eigenvalue weighted by Crippen LogP contribution is -2.43. The van der Waals surface area contributed by atoms with Crippen LogP contribution in [0.15, 0.2) is 30.3 Å². The molecule has 1 aliphatic heterocycles. The lowest BCUT2D eigenvalue weighted by molar-refractivity contribution is -0.132. The Balaban J connectivity index is 1.85. The van der Waals surface area contributed by atoms with Crippen molar-refractivity contribution >= 4 is 5.91 Å². The molecule has 1 aromatic rings. The standard InChI is InChI=1S/C16H24N2O3/c1-20-14-10-18(11-15(14)21-2)16(19)13(17)9-8-12-6-4-3-5-7-12/h3-7,13-15H,8-11,17H2,1-2H3/t13-,14?,15?/m0/s1. The van der Waals surface area contributed by atoms with Gasteiger partial charge in [-0.05, 0) is 18.4 Å². The van der Waals surface area contributed by atoms with Crippen LogP contribution in [0.5, 0.6) is 0 Å². The minimum atomic E-state index is -0.474. The van der Waals surface area contributed by atoms with Crippen LogP contribution in [0.1, 0.15) is 12.0 Å². The van der Waals surface area contributed by atoms with Gasteiger partial charge >= 0.3 is 0 Å². The number of carbonyl (C=O) groups is 1. The number of carbonyl (C=O) groups excluding carboxylic acids is 1. The van der Waals surface area contributed by atoms with Crippen LogP contribution >= 0.6 is 0 Å². The van der Waals surface area contributed by atoms with Crippen molar-refractivity contribution in [3.8, 4) is 0 Å². The summed E-state index contributed by atoms with van der Waals surface area (Å²) in [6.45, 7) is 1.10. The summed E-state index contributed by atoms with van der Waals surface area (Å²) < 4.78 is 10.7. The summed E-state index contributed by atoms with van der Waals surface area (Å²) in [6.07, 6.45) is 1.32. The van der Waals surface area contributed by atoms with Gasteiger partial charge in [0.05, 0.1) is 6.04 Å². The molecule has 2 rings (SSSR count). The minimum absolute atomic E-state index is 0.0208. The molecule has 0 spiro atoms. The van der Waals surface area contributed by atoms with E-state index in [2.05, 4.69) is 12.1 Å². The van der Waals surface area contributed by atoms with Crippen LogP contribution in [0.25, 0.3) is 0 Å². The van der Waals surface area contributed by atoms with E-state index in [9.17, 15) is 4.79 Å². The molecule has 0 saturated carbocycles. The van der Waals surface area contributed by atoms with E-state index in [0.717, 1.165) is 6.42 Å². The van der Waals surface area contributed by atoms with Crippen molar-refractivity contribution in [3.05, 3.63) is 35.9 Å². The highest BCUT2D eigenvalue weighted by Crippen LogP contribution is 2.17. The molecule has 1 saturated heterocycles. The Morgan fingerprint density at radius 2 is 1.81 bits per heavy atom. The molecule has 2 unspecified atom stereocenters. The van der Waals surface area contributed by atoms with Gasteiger partial charge in [-0.1, -0.05) is 30.3 Å². The molecule has 2 N–H and O–H groups in total. The number of hydrogen-bond acceptors (Lipinski definition) is 4. The second-order valence-electron chi connectivity index (χ2n) is 5.42. The van der Waals surface area contributed by atoms with E-state index in [1.807, 2.05) is 18.2 Å². The van der Waals surface area contributed by atoms with Crippen LogP contribution in [0.3, 0.4) is 0 Å². The lowest BCUT2D eigenvalue weighted by Gasteiger charge is -2.20. The highest BCUT2D eigenvalue weighted by molar-refractivity contribution is 5.82. The number of aryl methyl sites for hydroxylation is 1. The maximum Gasteiger partial charge on any atom is 0.239 e. The quantitative estimate of drug-likeness (QED) is 0.843. The zero-order valence-corrected chi connectivity index (χ0v) is 12.7. The average Bonchev–Trinajstić information content (AvgIpc) is 2.96. The SMILES string of the molecule is COC1CN(C(=O)[C@@H](N)CCc2ccccc2)CC1OC. The Morgan fingerprint density at radius 3 is 2.33 bits per heavy atom. The normalized spacial score (nSPS) is 23.3. The van der Waals surface area contributed by atoms with E-state index < -0.39 is 6.04 Å². The Kier molecular flexibility index (Phi) is 5.73. The van der Waals surface area contributed by atoms with E-state index in [4.69, 9.17) is 15.2 Å². The van der Waals surface area contributed by atoms with Crippen molar-refractivity contribution in [1.29, 1.82) is 0 Å². The molecule has 21 heavy (non-hydrogen) atoms. The van der Waals surface area contributed by atoms with Gasteiger partial charge in [0.1, 0.15) is 12.2 Å². The zero-order valence-electron chi connectivity index (χ0n) is 12.7. The average molecular weight is 292 g/mol. The van der Waals surface area contributed by atoms with Crippen LogP contribution in [0.2, 0.25) is 0 Å². The van der Waals surface area contributed by atoms with Crippen molar-refractivity contribution in [1.82, 2.24) is 4.90 Å². The molecule has 5 nitrogen and oxygen atoms in total. The zero-order chi connectivity index (χ0) is 15.2. The molecule has 1 aliphatic rings. The molecule has 0 bridgehead atoms. The molecular formula is C16H24N2O3. The number of rotatable bonds is 6. The Bertz CT molecular complexity index is 440. The van der Waals surface area contributed by atoms with Crippen molar-refractivity contribution in [2.45, 2.75) is 31.1 Å². The number of nitrogens with two attached hydrogens (primary N) is 1. The van der Waals surface area contributed by atoms with Gasteiger partial charge in [0.2, 0.25) is 5.91 Å². The maximum absolute atomic E-state index is 12.4. The van der Waals surface area contributed by atoms with Crippen LogP contribution in [0, 0.1) is 0 Å². The van der Waals surface area contributed by atoms with Crippen LogP contribution < -0.4 is 5.73 Å². The minimum Gasteiger partial charge on any atom is -0.377 e.